The zero-order valence-corrected chi connectivity index (χ0v) is 22.4. The lowest BCUT2D eigenvalue weighted by molar-refractivity contribution is -0.0872. The van der Waals surface area contributed by atoms with Gasteiger partial charge in [-0.2, -0.15) is 0 Å². The second-order valence-electron chi connectivity index (χ2n) is 8.04. The van der Waals surface area contributed by atoms with Gasteiger partial charge in [0.2, 0.25) is 25.1 Å². The second kappa shape index (κ2) is 11.4. The number of ether oxygens (including phenoxy) is 1. The summed E-state index contributed by atoms with van der Waals surface area (Å²) in [5, 5.41) is 1.69. The van der Waals surface area contributed by atoms with Gasteiger partial charge in [0.15, 0.2) is 0 Å². The Labute approximate surface area is 202 Å². The van der Waals surface area contributed by atoms with Gasteiger partial charge in [-0.25, -0.2) is 0 Å². The molecule has 0 unspecified atom stereocenters. The number of nitrogens with one attached hydrogen (secondary N) is 1. The maximum atomic E-state index is 12.2. The third-order valence-corrected chi connectivity index (χ3v) is 7.16. The van der Waals surface area contributed by atoms with Gasteiger partial charge in [0.1, 0.15) is 18.6 Å². The number of halogens is 1. The third-order valence-electron chi connectivity index (χ3n) is 5.61. The van der Waals surface area contributed by atoms with Crippen molar-refractivity contribution in [3.05, 3.63) is 76.1 Å². The fourth-order valence-corrected chi connectivity index (χ4v) is 6.21. The maximum Gasteiger partial charge on any atom is 0.248 e. The molecule has 1 aromatic heterocycles. The van der Waals surface area contributed by atoms with E-state index in [0.29, 0.717) is 37.4 Å². The van der Waals surface area contributed by atoms with Crippen LogP contribution in [-0.4, -0.2) is 36.1 Å². The van der Waals surface area contributed by atoms with E-state index in [2.05, 4.69) is 40.8 Å². The second-order valence-corrected chi connectivity index (χ2v) is 9.98. The standard InChI is InChI=1S/C24H28BrNO4Si2/c1-24(2,23(29-31-3)30-32-4)19(14-25)17-10-12-20(22-18(17)11-13-21(27)26-22)28-15-16-8-6-5-7-9-16/h5-13,19,23H,14-15H2,1-4H3,(H,26,27)/t19-/m1/s1. The molecule has 1 heterocycles. The van der Waals surface area contributed by atoms with Crippen molar-refractivity contribution < 1.29 is 13.6 Å². The first-order valence-electron chi connectivity index (χ1n) is 10.5. The van der Waals surface area contributed by atoms with Crippen molar-refractivity contribution >= 4 is 46.4 Å². The van der Waals surface area contributed by atoms with Gasteiger partial charge in [-0.1, -0.05) is 66.2 Å². The third kappa shape index (κ3) is 5.61. The highest BCUT2D eigenvalue weighted by Crippen LogP contribution is 2.44. The molecule has 3 aromatic rings. The molecule has 0 saturated carbocycles. The molecule has 0 aliphatic carbocycles. The number of fused-ring (bicyclic) bond motifs is 1. The molecule has 32 heavy (non-hydrogen) atoms. The van der Waals surface area contributed by atoms with Crippen LogP contribution in [0.3, 0.4) is 0 Å². The molecular formula is C24H28BrNO4Si2. The molecule has 168 valence electrons. The summed E-state index contributed by atoms with van der Waals surface area (Å²) in [6.45, 7) is 8.78. The summed E-state index contributed by atoms with van der Waals surface area (Å²) < 4.78 is 18.1. The molecule has 3 rings (SSSR count). The highest BCUT2D eigenvalue weighted by Gasteiger charge is 2.39. The average Bonchev–Trinajstić information content (AvgIpc) is 2.79. The minimum atomic E-state index is -0.330. The topological polar surface area (TPSA) is 60.6 Å². The van der Waals surface area contributed by atoms with E-state index >= 15 is 0 Å². The van der Waals surface area contributed by atoms with Gasteiger partial charge in [-0.05, 0) is 36.4 Å². The van der Waals surface area contributed by atoms with Crippen LogP contribution in [0.2, 0.25) is 13.1 Å². The number of aromatic nitrogens is 1. The lowest BCUT2D eigenvalue weighted by Gasteiger charge is -2.40. The predicted octanol–water partition coefficient (Wildman–Crippen LogP) is 5.31. The minimum absolute atomic E-state index is 0.0803. The van der Waals surface area contributed by atoms with E-state index in [1.165, 1.54) is 0 Å². The predicted molar refractivity (Wildman–Crippen MR) is 135 cm³/mol. The fourth-order valence-electron chi connectivity index (χ4n) is 3.80. The monoisotopic (exact) mass is 529 g/mol. The molecule has 1 atom stereocenters. The van der Waals surface area contributed by atoms with Crippen LogP contribution in [0.15, 0.2) is 59.4 Å². The summed E-state index contributed by atoms with van der Waals surface area (Å²) in [5.41, 5.74) is 2.42. The van der Waals surface area contributed by atoms with Crippen molar-refractivity contribution in [1.29, 1.82) is 0 Å². The van der Waals surface area contributed by atoms with Crippen molar-refractivity contribution in [2.45, 2.75) is 45.8 Å². The van der Waals surface area contributed by atoms with Gasteiger partial charge in [0, 0.05) is 28.1 Å². The fraction of sp³-hybridized carbons (Fsp3) is 0.375. The average molecular weight is 531 g/mol. The van der Waals surface area contributed by atoms with Crippen LogP contribution in [-0.2, 0) is 15.5 Å². The van der Waals surface area contributed by atoms with Crippen LogP contribution in [0.4, 0.5) is 0 Å². The number of pyridine rings is 1. The van der Waals surface area contributed by atoms with Gasteiger partial charge in [0.05, 0.1) is 5.52 Å². The number of hydrogen-bond donors (Lipinski definition) is 1. The summed E-state index contributed by atoms with van der Waals surface area (Å²) in [6.07, 6.45) is -0.330. The summed E-state index contributed by atoms with van der Waals surface area (Å²) in [6, 6.07) is 17.5. The Hall–Kier alpha value is -1.72. The molecule has 4 radical (unpaired) electrons. The first-order chi connectivity index (χ1) is 15.4. The molecule has 8 heteroatoms. The van der Waals surface area contributed by atoms with Gasteiger partial charge < -0.3 is 18.6 Å². The Morgan fingerprint density at radius 2 is 1.69 bits per heavy atom. The van der Waals surface area contributed by atoms with Crippen LogP contribution < -0.4 is 10.3 Å². The largest absolute Gasteiger partial charge is 0.487 e. The molecule has 0 aliphatic rings. The Balaban J connectivity index is 2.03. The maximum absolute atomic E-state index is 12.2. The SMILES string of the molecule is C[Si]OC(O[Si]C)C(C)(C)[C@H](CBr)c1ccc(OCc2ccccc2)c2[nH]c(=O)ccc12. The molecule has 5 nitrogen and oxygen atoms in total. The number of H-pyrrole nitrogens is 1. The number of rotatable bonds is 11. The van der Waals surface area contributed by atoms with Gasteiger partial charge >= 0.3 is 0 Å². The number of benzene rings is 2. The summed E-state index contributed by atoms with van der Waals surface area (Å²) in [4.78, 5) is 15.2. The Bertz CT molecular complexity index is 1070. The first kappa shape index (κ1) is 24.9. The summed E-state index contributed by atoms with van der Waals surface area (Å²) >= 11 is 3.73. The Kier molecular flexibility index (Phi) is 8.90. The molecule has 1 N–H and O–H groups in total. The van der Waals surface area contributed by atoms with E-state index in [-0.39, 0.29) is 23.2 Å². The quantitative estimate of drug-likeness (QED) is 0.208. The van der Waals surface area contributed by atoms with E-state index in [0.717, 1.165) is 21.8 Å². The zero-order valence-electron chi connectivity index (χ0n) is 18.8. The summed E-state index contributed by atoms with van der Waals surface area (Å²) in [5.74, 6) is 0.738. The van der Waals surface area contributed by atoms with Crippen molar-refractivity contribution in [3.63, 3.8) is 0 Å². The normalized spacial score (nSPS) is 12.9. The molecule has 2 aromatic carbocycles. The first-order valence-corrected chi connectivity index (χ1v) is 14.4. The summed E-state index contributed by atoms with van der Waals surface area (Å²) in [7, 11) is 0.667. The van der Waals surface area contributed by atoms with E-state index in [9.17, 15) is 4.79 Å². The molecule has 0 aliphatic heterocycles. The molecule has 0 fully saturated rings. The van der Waals surface area contributed by atoms with Gasteiger partial charge in [0.25, 0.3) is 0 Å². The number of hydrogen-bond acceptors (Lipinski definition) is 4. The van der Waals surface area contributed by atoms with Crippen molar-refractivity contribution in [2.24, 2.45) is 5.41 Å². The highest BCUT2D eigenvalue weighted by atomic mass is 79.9. The highest BCUT2D eigenvalue weighted by molar-refractivity contribution is 9.09. The van der Waals surface area contributed by atoms with Crippen LogP contribution in [0, 0.1) is 5.41 Å². The lowest BCUT2D eigenvalue weighted by Crippen LogP contribution is -2.41. The van der Waals surface area contributed by atoms with Crippen molar-refractivity contribution in [1.82, 2.24) is 4.98 Å². The smallest absolute Gasteiger partial charge is 0.248 e. The van der Waals surface area contributed by atoms with Crippen molar-refractivity contribution in [3.8, 4) is 5.75 Å². The van der Waals surface area contributed by atoms with Crippen LogP contribution in [0.25, 0.3) is 10.9 Å². The van der Waals surface area contributed by atoms with Gasteiger partial charge in [-0.3, -0.25) is 4.79 Å². The van der Waals surface area contributed by atoms with E-state index < -0.39 is 0 Å². The molecular weight excluding hydrogens is 502 g/mol. The molecule has 0 saturated heterocycles. The van der Waals surface area contributed by atoms with E-state index in [1.54, 1.807) is 6.07 Å². The lowest BCUT2D eigenvalue weighted by atomic mass is 9.74. The molecule has 0 amide bonds. The van der Waals surface area contributed by atoms with Crippen LogP contribution in [0.5, 0.6) is 5.75 Å². The molecule has 0 spiro atoms. The van der Waals surface area contributed by atoms with Crippen LogP contribution >= 0.6 is 15.9 Å². The molecule has 0 bridgehead atoms. The van der Waals surface area contributed by atoms with Gasteiger partial charge in [-0.15, -0.1) is 0 Å². The Morgan fingerprint density at radius 1 is 1.00 bits per heavy atom. The Morgan fingerprint density at radius 3 is 2.31 bits per heavy atom. The number of alkyl halides is 1. The minimum Gasteiger partial charge on any atom is -0.487 e. The zero-order chi connectivity index (χ0) is 23.1. The van der Waals surface area contributed by atoms with Crippen LogP contribution in [0.1, 0.15) is 30.9 Å². The van der Waals surface area contributed by atoms with E-state index in [1.807, 2.05) is 55.6 Å². The van der Waals surface area contributed by atoms with Crippen molar-refractivity contribution in [2.75, 3.05) is 5.33 Å². The number of aromatic amines is 1. The van der Waals surface area contributed by atoms with E-state index in [4.69, 9.17) is 13.6 Å².